The Morgan fingerprint density at radius 2 is 1.24 bits per heavy atom. The van der Waals surface area contributed by atoms with Crippen LogP contribution in [0.25, 0.3) is 11.1 Å². The third-order valence-electron chi connectivity index (χ3n) is 6.90. The molecule has 0 aliphatic heterocycles. The van der Waals surface area contributed by atoms with Crippen LogP contribution in [-0.4, -0.2) is 12.6 Å². The number of hydrogen-bond acceptors (Lipinski definition) is 3. The van der Waals surface area contributed by atoms with Gasteiger partial charge in [-0.15, -0.1) is 0 Å². The van der Waals surface area contributed by atoms with Gasteiger partial charge in [0.05, 0.1) is 11.7 Å². The molecule has 3 aromatic rings. The molecule has 0 amide bonds. The maximum Gasteiger partial charge on any atom is 0.343 e. The van der Waals surface area contributed by atoms with Crippen molar-refractivity contribution in [1.29, 1.82) is 0 Å². The second-order valence-electron chi connectivity index (χ2n) is 9.97. The minimum Gasteiger partial charge on any atom is -0.423 e. The number of carbonyl (C=O) groups excluding carboxylic acids is 1. The van der Waals surface area contributed by atoms with E-state index in [0.717, 1.165) is 36.1 Å². The van der Waals surface area contributed by atoms with Crippen LogP contribution in [0.4, 0.5) is 0 Å². The Morgan fingerprint density at radius 3 is 1.86 bits per heavy atom. The molecule has 0 aliphatic carbocycles. The van der Waals surface area contributed by atoms with Crippen molar-refractivity contribution in [1.82, 2.24) is 0 Å². The quantitative estimate of drug-likeness (QED) is 0.111. The van der Waals surface area contributed by atoms with E-state index in [1.54, 1.807) is 0 Å². The fourth-order valence-corrected chi connectivity index (χ4v) is 4.43. The Hall–Kier alpha value is -2.91. The second-order valence-corrected chi connectivity index (χ2v) is 9.97. The molecule has 0 saturated heterocycles. The molecule has 1 unspecified atom stereocenters. The van der Waals surface area contributed by atoms with Crippen LogP contribution in [0.1, 0.15) is 106 Å². The van der Waals surface area contributed by atoms with Gasteiger partial charge in [0.15, 0.2) is 0 Å². The maximum atomic E-state index is 12.7. The molecule has 1 atom stereocenters. The molecule has 3 nitrogen and oxygen atoms in total. The Labute approximate surface area is 224 Å². The third-order valence-corrected chi connectivity index (χ3v) is 6.90. The number of aryl methyl sites for hydroxylation is 1. The smallest absolute Gasteiger partial charge is 0.343 e. The third kappa shape index (κ3) is 9.81. The van der Waals surface area contributed by atoms with Crippen molar-refractivity contribution < 1.29 is 14.3 Å². The lowest BCUT2D eigenvalue weighted by atomic mass is 10.0. The first-order valence-electron chi connectivity index (χ1n) is 14.2. The summed E-state index contributed by atoms with van der Waals surface area (Å²) in [7, 11) is 0. The highest BCUT2D eigenvalue weighted by atomic mass is 16.5. The largest absolute Gasteiger partial charge is 0.423 e. The summed E-state index contributed by atoms with van der Waals surface area (Å²) in [6.07, 6.45) is 12.5. The van der Waals surface area contributed by atoms with E-state index in [1.165, 1.54) is 56.9 Å². The molecule has 0 heterocycles. The van der Waals surface area contributed by atoms with Gasteiger partial charge in [0.1, 0.15) is 5.75 Å². The fourth-order valence-electron chi connectivity index (χ4n) is 4.43. The predicted molar refractivity (Wildman–Crippen MR) is 154 cm³/mol. The number of unbranched alkanes of at least 4 members (excludes halogenated alkanes) is 7. The summed E-state index contributed by atoms with van der Waals surface area (Å²) in [5.74, 6) is 0.192. The minimum absolute atomic E-state index is 0.0260. The van der Waals surface area contributed by atoms with Crippen LogP contribution in [0.3, 0.4) is 0 Å². The van der Waals surface area contributed by atoms with Crippen LogP contribution >= 0.6 is 0 Å². The van der Waals surface area contributed by atoms with Gasteiger partial charge in [-0.2, -0.15) is 0 Å². The van der Waals surface area contributed by atoms with Gasteiger partial charge in [-0.05, 0) is 72.7 Å². The van der Waals surface area contributed by atoms with Crippen LogP contribution in [-0.2, 0) is 11.2 Å². The van der Waals surface area contributed by atoms with Gasteiger partial charge in [0.25, 0.3) is 0 Å². The minimum atomic E-state index is -0.350. The summed E-state index contributed by atoms with van der Waals surface area (Å²) < 4.78 is 11.6. The van der Waals surface area contributed by atoms with E-state index in [9.17, 15) is 4.79 Å². The van der Waals surface area contributed by atoms with Crippen molar-refractivity contribution in [3.63, 3.8) is 0 Å². The predicted octanol–water partition coefficient (Wildman–Crippen LogP) is 9.74. The molecule has 3 aromatic carbocycles. The Kier molecular flexibility index (Phi) is 12.4. The van der Waals surface area contributed by atoms with Crippen LogP contribution in [0.5, 0.6) is 5.75 Å². The van der Waals surface area contributed by atoms with Crippen molar-refractivity contribution in [3.8, 4) is 16.9 Å². The molecule has 3 heteroatoms. The number of benzene rings is 3. The fraction of sp³-hybridized carbons (Fsp3) is 0.441. The summed E-state index contributed by atoms with van der Waals surface area (Å²) in [4.78, 5) is 12.7. The van der Waals surface area contributed by atoms with Crippen molar-refractivity contribution in [3.05, 3.63) is 89.5 Å². The lowest BCUT2D eigenvalue weighted by molar-refractivity contribution is 0.0627. The topological polar surface area (TPSA) is 35.5 Å². The SMILES string of the molecule is CCCCCCCCCOC(C)c1ccc(OC(=O)c2ccc(-c3ccc(CCCC)cc3)cc2)cc1. The van der Waals surface area contributed by atoms with Crippen molar-refractivity contribution in [2.24, 2.45) is 0 Å². The van der Waals surface area contributed by atoms with E-state index in [-0.39, 0.29) is 12.1 Å². The van der Waals surface area contributed by atoms with E-state index in [1.807, 2.05) is 48.5 Å². The molecule has 37 heavy (non-hydrogen) atoms. The first-order chi connectivity index (χ1) is 18.1. The standard InChI is InChI=1S/C34H44O3/c1-4-6-8-9-10-11-12-26-36-27(3)29-22-24-33(25-23-29)37-34(35)32-20-18-31(19-21-32)30-16-14-28(15-17-30)13-7-5-2/h14-25,27H,4-13,26H2,1-3H3. The van der Waals surface area contributed by atoms with Gasteiger partial charge in [0.2, 0.25) is 0 Å². The monoisotopic (exact) mass is 500 g/mol. The van der Waals surface area contributed by atoms with E-state index in [4.69, 9.17) is 9.47 Å². The average Bonchev–Trinajstić information content (AvgIpc) is 2.94. The van der Waals surface area contributed by atoms with Crippen LogP contribution in [0.15, 0.2) is 72.8 Å². The zero-order valence-electron chi connectivity index (χ0n) is 23.0. The lowest BCUT2D eigenvalue weighted by Gasteiger charge is -2.14. The molecule has 198 valence electrons. The molecule has 0 N–H and O–H groups in total. The molecular formula is C34H44O3. The van der Waals surface area contributed by atoms with Crippen molar-refractivity contribution in [2.45, 2.75) is 91.1 Å². The molecule has 0 radical (unpaired) electrons. The maximum absolute atomic E-state index is 12.7. The molecule has 0 bridgehead atoms. The number of rotatable bonds is 16. The normalized spacial score (nSPS) is 11.9. The van der Waals surface area contributed by atoms with E-state index >= 15 is 0 Å². The average molecular weight is 501 g/mol. The van der Waals surface area contributed by atoms with Gasteiger partial charge in [-0.25, -0.2) is 4.79 Å². The summed E-state index contributed by atoms with van der Waals surface area (Å²) >= 11 is 0. The van der Waals surface area contributed by atoms with Gasteiger partial charge < -0.3 is 9.47 Å². The molecule has 0 saturated carbocycles. The van der Waals surface area contributed by atoms with Gasteiger partial charge in [-0.1, -0.05) is 107 Å². The first-order valence-corrected chi connectivity index (χ1v) is 14.2. The summed E-state index contributed by atoms with van der Waals surface area (Å²) in [6, 6.07) is 23.9. The lowest BCUT2D eigenvalue weighted by Crippen LogP contribution is -2.08. The highest BCUT2D eigenvalue weighted by molar-refractivity contribution is 5.91. The number of esters is 1. The van der Waals surface area contributed by atoms with Crippen molar-refractivity contribution >= 4 is 5.97 Å². The highest BCUT2D eigenvalue weighted by Gasteiger charge is 2.11. The summed E-state index contributed by atoms with van der Waals surface area (Å²) in [5.41, 5.74) is 5.24. The Bertz CT molecular complexity index is 1040. The Morgan fingerprint density at radius 1 is 0.676 bits per heavy atom. The number of carbonyl (C=O) groups is 1. The number of hydrogen-bond donors (Lipinski definition) is 0. The molecule has 0 aliphatic rings. The highest BCUT2D eigenvalue weighted by Crippen LogP contribution is 2.24. The summed E-state index contributed by atoms with van der Waals surface area (Å²) in [6.45, 7) is 7.32. The molecule has 0 spiro atoms. The van der Waals surface area contributed by atoms with Crippen LogP contribution in [0.2, 0.25) is 0 Å². The zero-order chi connectivity index (χ0) is 26.3. The van der Waals surface area contributed by atoms with Gasteiger partial charge >= 0.3 is 5.97 Å². The first kappa shape index (κ1) is 28.7. The van der Waals surface area contributed by atoms with Crippen molar-refractivity contribution in [2.75, 3.05) is 6.61 Å². The molecule has 0 fully saturated rings. The number of ether oxygens (including phenoxy) is 2. The van der Waals surface area contributed by atoms with E-state index < -0.39 is 0 Å². The van der Waals surface area contributed by atoms with Gasteiger partial charge in [0, 0.05) is 6.61 Å². The molecule has 0 aromatic heterocycles. The van der Waals surface area contributed by atoms with Crippen LogP contribution < -0.4 is 4.74 Å². The van der Waals surface area contributed by atoms with Gasteiger partial charge in [-0.3, -0.25) is 0 Å². The Balaban J connectivity index is 1.44. The van der Waals surface area contributed by atoms with E-state index in [2.05, 4.69) is 45.0 Å². The second kappa shape index (κ2) is 16.0. The zero-order valence-corrected chi connectivity index (χ0v) is 23.0. The molecule has 3 rings (SSSR count). The molecular weight excluding hydrogens is 456 g/mol. The van der Waals surface area contributed by atoms with Crippen LogP contribution in [0, 0.1) is 0 Å². The summed E-state index contributed by atoms with van der Waals surface area (Å²) in [5, 5.41) is 0. The van der Waals surface area contributed by atoms with E-state index in [0.29, 0.717) is 11.3 Å².